The molecule has 1 saturated heterocycles. The number of nitrogens with one attached hydrogen (secondary N) is 2. The Morgan fingerprint density at radius 2 is 2.07 bits per heavy atom. The Balaban J connectivity index is 2.55. The molecule has 1 aliphatic heterocycles. The molecular weight excluding hydrogens is 180 g/mol. The molecule has 4 nitrogen and oxygen atoms in total. The molecule has 0 aromatic carbocycles. The van der Waals surface area contributed by atoms with E-state index in [0.717, 1.165) is 6.42 Å². The molecule has 0 aliphatic carbocycles. The maximum absolute atomic E-state index is 11.4. The van der Waals surface area contributed by atoms with Gasteiger partial charge in [-0.25, -0.2) is 4.79 Å². The monoisotopic (exact) mass is 196 g/mol. The maximum Gasteiger partial charge on any atom is 0.322 e. The van der Waals surface area contributed by atoms with Crippen molar-refractivity contribution in [2.45, 2.75) is 39.2 Å². The van der Waals surface area contributed by atoms with Crippen molar-refractivity contribution in [3.63, 3.8) is 0 Å². The van der Waals surface area contributed by atoms with Crippen LogP contribution in [0.5, 0.6) is 0 Å². The van der Waals surface area contributed by atoms with Gasteiger partial charge >= 0.3 is 6.03 Å². The number of carbonyl (C=O) groups is 2. The Kier molecular flexibility index (Phi) is 2.93. The van der Waals surface area contributed by atoms with Gasteiger partial charge in [-0.15, -0.1) is 0 Å². The van der Waals surface area contributed by atoms with Crippen LogP contribution in [0, 0.1) is 0 Å². The summed E-state index contributed by atoms with van der Waals surface area (Å²) >= 11 is 0. The van der Waals surface area contributed by atoms with Crippen LogP contribution < -0.4 is 10.6 Å². The van der Waals surface area contributed by atoms with Crippen molar-refractivity contribution in [2.24, 2.45) is 0 Å². The predicted molar refractivity (Wildman–Crippen MR) is 53.7 cm³/mol. The van der Waals surface area contributed by atoms with E-state index in [1.165, 1.54) is 5.57 Å². The van der Waals surface area contributed by atoms with Crippen molar-refractivity contribution in [3.05, 3.63) is 11.6 Å². The number of imide groups is 1. The lowest BCUT2D eigenvalue weighted by Crippen LogP contribution is -2.43. The van der Waals surface area contributed by atoms with Crippen molar-refractivity contribution in [2.75, 3.05) is 0 Å². The van der Waals surface area contributed by atoms with E-state index in [1.54, 1.807) is 6.92 Å². The van der Waals surface area contributed by atoms with Gasteiger partial charge < -0.3 is 5.32 Å². The second-order valence-corrected chi connectivity index (χ2v) is 4.06. The summed E-state index contributed by atoms with van der Waals surface area (Å²) in [6, 6.07) is -0.394. The van der Waals surface area contributed by atoms with Crippen molar-refractivity contribution < 1.29 is 9.59 Å². The second-order valence-electron chi connectivity index (χ2n) is 4.06. The third kappa shape index (κ3) is 2.34. The fraction of sp³-hybridized carbons (Fsp3) is 0.600. The topological polar surface area (TPSA) is 58.2 Å². The van der Waals surface area contributed by atoms with Crippen LogP contribution in [0.2, 0.25) is 0 Å². The van der Waals surface area contributed by atoms with Crippen LogP contribution >= 0.6 is 0 Å². The number of amides is 3. The minimum Gasteiger partial charge on any atom is -0.324 e. The first-order chi connectivity index (χ1) is 6.44. The molecule has 1 atom stereocenters. The summed E-state index contributed by atoms with van der Waals surface area (Å²) in [5.41, 5.74) is 0.488. The second kappa shape index (κ2) is 3.82. The van der Waals surface area contributed by atoms with E-state index in [2.05, 4.69) is 16.7 Å². The molecule has 0 unspecified atom stereocenters. The molecule has 3 amide bonds. The average molecular weight is 196 g/mol. The standard InChI is InChI=1S/C10H16N2O2/c1-7(2)5-4-6-10(3)8(13)11-9(14)12-10/h5H,4,6H2,1-3H3,(H2,11,12,13,14)/t10-/m0/s1. The average Bonchev–Trinajstić information content (AvgIpc) is 2.25. The van der Waals surface area contributed by atoms with Gasteiger partial charge in [0.1, 0.15) is 5.54 Å². The molecule has 1 heterocycles. The molecule has 1 fully saturated rings. The summed E-state index contributed by atoms with van der Waals surface area (Å²) < 4.78 is 0. The molecule has 0 radical (unpaired) electrons. The number of urea groups is 1. The van der Waals surface area contributed by atoms with Crippen molar-refractivity contribution in [1.29, 1.82) is 0 Å². The van der Waals surface area contributed by atoms with Gasteiger partial charge in [-0.1, -0.05) is 11.6 Å². The lowest BCUT2D eigenvalue weighted by atomic mass is 9.96. The Hall–Kier alpha value is -1.32. The van der Waals surface area contributed by atoms with Crippen LogP contribution in [-0.4, -0.2) is 17.5 Å². The molecular formula is C10H16N2O2. The minimum atomic E-state index is -0.733. The Labute approximate surface area is 83.8 Å². The highest BCUT2D eigenvalue weighted by atomic mass is 16.2. The van der Waals surface area contributed by atoms with Gasteiger partial charge in [0.25, 0.3) is 5.91 Å². The van der Waals surface area contributed by atoms with Crippen LogP contribution in [-0.2, 0) is 4.79 Å². The molecule has 78 valence electrons. The zero-order valence-corrected chi connectivity index (χ0v) is 8.81. The van der Waals surface area contributed by atoms with Crippen LogP contribution in [0.15, 0.2) is 11.6 Å². The summed E-state index contributed by atoms with van der Waals surface area (Å²) in [5.74, 6) is -0.232. The van der Waals surface area contributed by atoms with E-state index in [1.807, 2.05) is 13.8 Å². The van der Waals surface area contributed by atoms with E-state index in [0.29, 0.717) is 6.42 Å². The Morgan fingerprint density at radius 3 is 2.50 bits per heavy atom. The van der Waals surface area contributed by atoms with Gasteiger partial charge in [-0.3, -0.25) is 10.1 Å². The maximum atomic E-state index is 11.4. The predicted octanol–water partition coefficient (Wildman–Crippen LogP) is 1.33. The highest BCUT2D eigenvalue weighted by Crippen LogP contribution is 2.17. The third-order valence-corrected chi connectivity index (χ3v) is 2.31. The van der Waals surface area contributed by atoms with Gasteiger partial charge in [0.2, 0.25) is 0 Å². The van der Waals surface area contributed by atoms with E-state index in [9.17, 15) is 9.59 Å². The summed E-state index contributed by atoms with van der Waals surface area (Å²) in [7, 11) is 0. The molecule has 14 heavy (non-hydrogen) atoms. The number of rotatable bonds is 3. The molecule has 2 N–H and O–H groups in total. The molecule has 0 saturated carbocycles. The summed E-state index contributed by atoms with van der Waals surface area (Å²) in [6.45, 7) is 5.76. The van der Waals surface area contributed by atoms with Crippen LogP contribution in [0.3, 0.4) is 0 Å². The molecule has 4 heteroatoms. The Morgan fingerprint density at radius 1 is 1.43 bits per heavy atom. The number of hydrogen-bond donors (Lipinski definition) is 2. The summed E-state index contributed by atoms with van der Waals surface area (Å²) in [4.78, 5) is 22.3. The lowest BCUT2D eigenvalue weighted by molar-refractivity contribution is -0.123. The first-order valence-electron chi connectivity index (χ1n) is 4.71. The molecule has 1 aliphatic rings. The highest BCUT2D eigenvalue weighted by Gasteiger charge is 2.40. The SMILES string of the molecule is CC(C)=CCC[C@]1(C)NC(=O)NC1=O. The van der Waals surface area contributed by atoms with Gasteiger partial charge in [-0.2, -0.15) is 0 Å². The number of hydrogen-bond acceptors (Lipinski definition) is 2. The van der Waals surface area contributed by atoms with Gasteiger partial charge in [0.15, 0.2) is 0 Å². The minimum absolute atomic E-state index is 0.232. The van der Waals surface area contributed by atoms with Crippen molar-refractivity contribution >= 4 is 11.9 Å². The number of carbonyl (C=O) groups excluding carboxylic acids is 2. The van der Waals surface area contributed by atoms with E-state index < -0.39 is 11.6 Å². The van der Waals surface area contributed by atoms with Crippen LogP contribution in [0.1, 0.15) is 33.6 Å². The van der Waals surface area contributed by atoms with E-state index in [4.69, 9.17) is 0 Å². The fourth-order valence-corrected chi connectivity index (χ4v) is 1.41. The fourth-order valence-electron chi connectivity index (χ4n) is 1.41. The first kappa shape index (κ1) is 10.8. The van der Waals surface area contributed by atoms with E-state index in [-0.39, 0.29) is 5.91 Å². The molecule has 0 spiro atoms. The van der Waals surface area contributed by atoms with Crippen molar-refractivity contribution in [1.82, 2.24) is 10.6 Å². The van der Waals surface area contributed by atoms with Crippen molar-refractivity contribution in [3.8, 4) is 0 Å². The lowest BCUT2D eigenvalue weighted by Gasteiger charge is -2.19. The first-order valence-corrected chi connectivity index (χ1v) is 4.71. The normalized spacial score (nSPS) is 25.6. The van der Waals surface area contributed by atoms with Gasteiger partial charge in [0, 0.05) is 0 Å². The third-order valence-electron chi connectivity index (χ3n) is 2.31. The Bertz CT molecular complexity index is 292. The molecule has 0 bridgehead atoms. The zero-order chi connectivity index (χ0) is 10.8. The molecule has 1 rings (SSSR count). The van der Waals surface area contributed by atoms with Crippen LogP contribution in [0.25, 0.3) is 0 Å². The smallest absolute Gasteiger partial charge is 0.322 e. The summed E-state index contributed by atoms with van der Waals surface area (Å²) in [5, 5.41) is 4.86. The summed E-state index contributed by atoms with van der Waals surface area (Å²) in [6.07, 6.45) is 3.49. The quantitative estimate of drug-likeness (QED) is 0.528. The molecule has 0 aromatic heterocycles. The van der Waals surface area contributed by atoms with Crippen LogP contribution in [0.4, 0.5) is 4.79 Å². The highest BCUT2D eigenvalue weighted by molar-refractivity contribution is 6.06. The molecule has 0 aromatic rings. The largest absolute Gasteiger partial charge is 0.324 e. The number of allylic oxidation sites excluding steroid dienone is 2. The van der Waals surface area contributed by atoms with Gasteiger partial charge in [0.05, 0.1) is 0 Å². The zero-order valence-electron chi connectivity index (χ0n) is 8.81. The van der Waals surface area contributed by atoms with Gasteiger partial charge in [-0.05, 0) is 33.6 Å². The van der Waals surface area contributed by atoms with E-state index >= 15 is 0 Å².